The molecule has 2 heterocycles. The molecule has 0 aliphatic heterocycles. The number of benzene rings is 1. The molecule has 0 bridgehead atoms. The number of rotatable bonds is 6. The molecule has 9 nitrogen and oxygen atoms in total. The molecule has 0 spiro atoms. The maximum absolute atomic E-state index is 12.3. The minimum Gasteiger partial charge on any atom is -0.336 e. The summed E-state index contributed by atoms with van der Waals surface area (Å²) in [7, 11) is 0. The van der Waals surface area contributed by atoms with Crippen LogP contribution in [-0.2, 0) is 13.1 Å². The van der Waals surface area contributed by atoms with E-state index in [-0.39, 0.29) is 18.6 Å². The van der Waals surface area contributed by atoms with Gasteiger partial charge in [-0.3, -0.25) is 14.8 Å². The fraction of sp³-hybridized carbons (Fsp3) is 0.312. The summed E-state index contributed by atoms with van der Waals surface area (Å²) in [6.45, 7) is 3.32. The number of aromatic nitrogens is 5. The molecule has 1 aromatic carbocycles. The lowest BCUT2D eigenvalue weighted by Crippen LogP contribution is -2.34. The van der Waals surface area contributed by atoms with Crippen LogP contribution in [0.3, 0.4) is 0 Å². The van der Waals surface area contributed by atoms with E-state index in [0.717, 1.165) is 18.4 Å². The van der Waals surface area contributed by atoms with Crippen molar-refractivity contribution < 1.29 is 4.79 Å². The molecule has 3 aromatic rings. The highest BCUT2D eigenvalue weighted by Gasteiger charge is 2.07. The van der Waals surface area contributed by atoms with Crippen LogP contribution in [0.15, 0.2) is 41.5 Å². The zero-order valence-electron chi connectivity index (χ0n) is 13.8. The van der Waals surface area contributed by atoms with Gasteiger partial charge in [-0.2, -0.15) is 5.10 Å². The van der Waals surface area contributed by atoms with Gasteiger partial charge in [-0.05, 0) is 12.5 Å². The Kier molecular flexibility index (Phi) is 5.03. The van der Waals surface area contributed by atoms with Crippen LogP contribution in [0.1, 0.15) is 13.3 Å². The third-order valence-corrected chi connectivity index (χ3v) is 3.60. The third kappa shape index (κ3) is 4.00. The molecular formula is C16H19N7O2. The highest BCUT2D eigenvalue weighted by atomic mass is 16.2. The molecule has 2 N–H and O–H groups in total. The number of fused-ring (bicyclic) bond motifs is 1. The van der Waals surface area contributed by atoms with Crippen LogP contribution in [0.5, 0.6) is 0 Å². The first-order valence-corrected chi connectivity index (χ1v) is 8.07. The smallest absolute Gasteiger partial charge is 0.320 e. The van der Waals surface area contributed by atoms with Gasteiger partial charge in [0.15, 0.2) is 5.82 Å². The minimum absolute atomic E-state index is 0.178. The summed E-state index contributed by atoms with van der Waals surface area (Å²) in [6, 6.07) is 6.86. The average Bonchev–Trinajstić information content (AvgIpc) is 3.04. The zero-order chi connectivity index (χ0) is 17.6. The average molecular weight is 341 g/mol. The maximum atomic E-state index is 12.3. The van der Waals surface area contributed by atoms with Gasteiger partial charge in [-0.1, -0.05) is 30.3 Å². The van der Waals surface area contributed by atoms with Gasteiger partial charge < -0.3 is 5.32 Å². The lowest BCUT2D eigenvalue weighted by Gasteiger charge is -2.07. The molecule has 0 saturated carbocycles. The molecule has 25 heavy (non-hydrogen) atoms. The Morgan fingerprint density at radius 2 is 2.08 bits per heavy atom. The fourth-order valence-corrected chi connectivity index (χ4v) is 2.42. The predicted octanol–water partition coefficient (Wildman–Crippen LogP) is 1.22. The Morgan fingerprint density at radius 3 is 2.92 bits per heavy atom. The molecule has 0 fully saturated rings. The standard InChI is InChI=1S/C16H19N7O2/c1-2-8-22-11-14(20-21-22)19-16(25)17-7-9-23-15(24)13-6-4-3-5-12(13)10-18-23/h3-6,10-11H,2,7-9H2,1H3,(H2,17,19,25). The zero-order valence-corrected chi connectivity index (χ0v) is 13.8. The molecule has 0 aliphatic carbocycles. The molecule has 0 unspecified atom stereocenters. The largest absolute Gasteiger partial charge is 0.336 e. The van der Waals surface area contributed by atoms with Crippen LogP contribution >= 0.6 is 0 Å². The Labute approximate surface area is 143 Å². The number of nitrogens with zero attached hydrogens (tertiary/aromatic N) is 5. The lowest BCUT2D eigenvalue weighted by molar-refractivity contribution is 0.251. The molecule has 3 rings (SSSR count). The van der Waals surface area contributed by atoms with E-state index >= 15 is 0 Å². The monoisotopic (exact) mass is 341 g/mol. The second kappa shape index (κ2) is 7.56. The van der Waals surface area contributed by atoms with Gasteiger partial charge in [0.05, 0.1) is 24.3 Å². The van der Waals surface area contributed by atoms with Crippen LogP contribution in [-0.4, -0.2) is 37.4 Å². The summed E-state index contributed by atoms with van der Waals surface area (Å²) < 4.78 is 2.99. The Balaban J connectivity index is 1.54. The van der Waals surface area contributed by atoms with Crippen LogP contribution in [0.25, 0.3) is 10.8 Å². The van der Waals surface area contributed by atoms with Crippen molar-refractivity contribution >= 4 is 22.6 Å². The van der Waals surface area contributed by atoms with E-state index < -0.39 is 6.03 Å². The molecule has 0 radical (unpaired) electrons. The maximum Gasteiger partial charge on any atom is 0.320 e. The Morgan fingerprint density at radius 1 is 1.24 bits per heavy atom. The van der Waals surface area contributed by atoms with E-state index in [4.69, 9.17) is 0 Å². The number of hydrogen-bond donors (Lipinski definition) is 2. The quantitative estimate of drug-likeness (QED) is 0.701. The van der Waals surface area contributed by atoms with Gasteiger partial charge >= 0.3 is 6.03 Å². The first-order chi connectivity index (χ1) is 12.2. The summed E-state index contributed by atoms with van der Waals surface area (Å²) in [5, 5.41) is 18.5. The number of amides is 2. The molecule has 2 amide bonds. The van der Waals surface area contributed by atoms with E-state index in [0.29, 0.717) is 11.2 Å². The molecule has 2 aromatic heterocycles. The summed E-state index contributed by atoms with van der Waals surface area (Å²) in [6.07, 6.45) is 4.24. The van der Waals surface area contributed by atoms with Crippen molar-refractivity contribution in [2.45, 2.75) is 26.4 Å². The predicted molar refractivity (Wildman–Crippen MR) is 93.3 cm³/mol. The van der Waals surface area contributed by atoms with E-state index in [1.54, 1.807) is 23.1 Å². The number of aryl methyl sites for hydroxylation is 1. The topological polar surface area (TPSA) is 107 Å². The van der Waals surface area contributed by atoms with E-state index in [2.05, 4.69) is 26.0 Å². The number of carbonyl (C=O) groups is 1. The highest BCUT2D eigenvalue weighted by Crippen LogP contribution is 2.06. The third-order valence-electron chi connectivity index (χ3n) is 3.60. The fourth-order valence-electron chi connectivity index (χ4n) is 2.42. The number of anilines is 1. The van der Waals surface area contributed by atoms with Crippen LogP contribution in [0, 0.1) is 0 Å². The molecule has 0 atom stereocenters. The normalized spacial score (nSPS) is 10.8. The SMILES string of the molecule is CCCn1cc(NC(=O)NCCn2ncc3ccccc3c2=O)nn1. The molecular weight excluding hydrogens is 322 g/mol. The first kappa shape index (κ1) is 16.6. The number of hydrogen-bond acceptors (Lipinski definition) is 5. The number of nitrogens with one attached hydrogen (secondary N) is 2. The second-order valence-corrected chi connectivity index (χ2v) is 5.51. The molecule has 0 saturated heterocycles. The van der Waals surface area contributed by atoms with Crippen molar-refractivity contribution in [3.8, 4) is 0 Å². The van der Waals surface area contributed by atoms with Crippen molar-refractivity contribution in [2.75, 3.05) is 11.9 Å². The Hall–Kier alpha value is -3.23. The Bertz CT molecular complexity index is 931. The van der Waals surface area contributed by atoms with Gasteiger partial charge in [-0.15, -0.1) is 5.10 Å². The molecule has 0 aliphatic rings. The molecule has 9 heteroatoms. The number of urea groups is 1. The van der Waals surface area contributed by atoms with Gasteiger partial charge in [0.1, 0.15) is 0 Å². The van der Waals surface area contributed by atoms with Gasteiger partial charge in [0, 0.05) is 18.5 Å². The summed E-state index contributed by atoms with van der Waals surface area (Å²) >= 11 is 0. The second-order valence-electron chi connectivity index (χ2n) is 5.51. The van der Waals surface area contributed by atoms with E-state index in [9.17, 15) is 9.59 Å². The van der Waals surface area contributed by atoms with Gasteiger partial charge in [0.25, 0.3) is 5.56 Å². The summed E-state index contributed by atoms with van der Waals surface area (Å²) in [5.74, 6) is 0.381. The summed E-state index contributed by atoms with van der Waals surface area (Å²) in [5.41, 5.74) is -0.178. The van der Waals surface area contributed by atoms with Crippen molar-refractivity contribution in [1.82, 2.24) is 30.1 Å². The van der Waals surface area contributed by atoms with Crippen molar-refractivity contribution in [2.24, 2.45) is 0 Å². The van der Waals surface area contributed by atoms with E-state index in [1.807, 2.05) is 25.1 Å². The molecule has 130 valence electrons. The van der Waals surface area contributed by atoms with Crippen LogP contribution in [0.2, 0.25) is 0 Å². The van der Waals surface area contributed by atoms with Gasteiger partial charge in [0.2, 0.25) is 0 Å². The minimum atomic E-state index is -0.405. The van der Waals surface area contributed by atoms with E-state index in [1.165, 1.54) is 4.68 Å². The first-order valence-electron chi connectivity index (χ1n) is 8.07. The van der Waals surface area contributed by atoms with Crippen molar-refractivity contribution in [3.05, 3.63) is 47.0 Å². The van der Waals surface area contributed by atoms with Crippen LogP contribution < -0.4 is 16.2 Å². The summed E-state index contributed by atoms with van der Waals surface area (Å²) in [4.78, 5) is 24.2. The number of carbonyl (C=O) groups excluding carboxylic acids is 1. The lowest BCUT2D eigenvalue weighted by atomic mass is 10.2. The van der Waals surface area contributed by atoms with Crippen LogP contribution in [0.4, 0.5) is 10.6 Å². The van der Waals surface area contributed by atoms with Gasteiger partial charge in [-0.25, -0.2) is 9.48 Å². The highest BCUT2D eigenvalue weighted by molar-refractivity contribution is 5.87. The van der Waals surface area contributed by atoms with Crippen molar-refractivity contribution in [3.63, 3.8) is 0 Å². The van der Waals surface area contributed by atoms with Crippen molar-refractivity contribution in [1.29, 1.82) is 0 Å².